The van der Waals surface area contributed by atoms with E-state index in [0.717, 1.165) is 35.2 Å². The largest absolute Gasteiger partial charge is 0.451 e. The maximum absolute atomic E-state index is 13.1. The lowest BCUT2D eigenvalue weighted by molar-refractivity contribution is 0.0161. The zero-order valence-electron chi connectivity index (χ0n) is 19.8. The summed E-state index contributed by atoms with van der Waals surface area (Å²) in [5, 5.41) is 4.14. The fourth-order valence-corrected chi connectivity index (χ4v) is 4.37. The molecule has 1 amide bonds. The quantitative estimate of drug-likeness (QED) is 0.603. The van der Waals surface area contributed by atoms with Crippen LogP contribution in [0.25, 0.3) is 11.0 Å². The van der Waals surface area contributed by atoms with Crippen LogP contribution in [-0.2, 0) is 10.2 Å². The van der Waals surface area contributed by atoms with Crippen LogP contribution in [0.15, 0.2) is 46.9 Å². The average Bonchev–Trinajstić information content (AvgIpc) is 3.10. The molecule has 0 bridgehead atoms. The summed E-state index contributed by atoms with van der Waals surface area (Å²) in [6, 6.07) is 14.9. The van der Waals surface area contributed by atoms with E-state index in [1.807, 2.05) is 26.0 Å². The van der Waals surface area contributed by atoms with E-state index >= 15 is 0 Å². The van der Waals surface area contributed by atoms with Gasteiger partial charge in [-0.1, -0.05) is 56.7 Å². The second-order valence-corrected chi connectivity index (χ2v) is 9.80. The van der Waals surface area contributed by atoms with Crippen molar-refractivity contribution in [1.82, 2.24) is 10.2 Å². The van der Waals surface area contributed by atoms with Crippen LogP contribution in [0.1, 0.15) is 59.6 Å². The van der Waals surface area contributed by atoms with E-state index in [2.05, 4.69) is 61.3 Å². The van der Waals surface area contributed by atoms with E-state index in [0.29, 0.717) is 25.5 Å². The van der Waals surface area contributed by atoms with Crippen LogP contribution in [0.5, 0.6) is 0 Å². The first kappa shape index (κ1) is 22.6. The Morgan fingerprint density at radius 1 is 1.06 bits per heavy atom. The molecule has 1 fully saturated rings. The summed E-state index contributed by atoms with van der Waals surface area (Å²) < 4.78 is 11.5. The van der Waals surface area contributed by atoms with E-state index in [9.17, 15) is 4.79 Å². The minimum Gasteiger partial charge on any atom is -0.451 e. The monoisotopic (exact) mass is 434 g/mol. The zero-order valence-corrected chi connectivity index (χ0v) is 19.8. The van der Waals surface area contributed by atoms with Crippen molar-refractivity contribution < 1.29 is 13.9 Å². The van der Waals surface area contributed by atoms with Gasteiger partial charge in [0.15, 0.2) is 5.76 Å². The van der Waals surface area contributed by atoms with Crippen LogP contribution in [-0.4, -0.2) is 43.7 Å². The highest BCUT2D eigenvalue weighted by Crippen LogP contribution is 2.28. The third-order valence-electron chi connectivity index (χ3n) is 6.40. The van der Waals surface area contributed by atoms with Gasteiger partial charge in [-0.25, -0.2) is 0 Å². The number of aryl methyl sites for hydroxylation is 2. The van der Waals surface area contributed by atoms with Crippen molar-refractivity contribution in [3.63, 3.8) is 0 Å². The van der Waals surface area contributed by atoms with Gasteiger partial charge in [-0.05, 0) is 42.5 Å². The van der Waals surface area contributed by atoms with Gasteiger partial charge in [0, 0.05) is 30.6 Å². The minimum absolute atomic E-state index is 0.0868. The Labute approximate surface area is 190 Å². The molecular weight excluding hydrogens is 400 g/mol. The summed E-state index contributed by atoms with van der Waals surface area (Å²) in [7, 11) is 0. The Bertz CT molecular complexity index is 1090. The smallest absolute Gasteiger partial charge is 0.287 e. The predicted octanol–water partition coefficient (Wildman–Crippen LogP) is 5.15. The van der Waals surface area contributed by atoms with Gasteiger partial charge in [0.25, 0.3) is 5.91 Å². The van der Waals surface area contributed by atoms with Crippen molar-refractivity contribution >= 4 is 16.9 Å². The third-order valence-corrected chi connectivity index (χ3v) is 6.40. The fraction of sp³-hybridized carbons (Fsp3) is 0.444. The van der Waals surface area contributed by atoms with Crippen LogP contribution in [0.3, 0.4) is 0 Å². The minimum atomic E-state index is -0.166. The summed E-state index contributed by atoms with van der Waals surface area (Å²) in [6.45, 7) is 14.3. The number of morpholine rings is 1. The van der Waals surface area contributed by atoms with Gasteiger partial charge in [-0.15, -0.1) is 0 Å². The van der Waals surface area contributed by atoms with Crippen molar-refractivity contribution in [2.75, 3.05) is 32.8 Å². The first-order valence-corrected chi connectivity index (χ1v) is 11.4. The highest BCUT2D eigenvalue weighted by Gasteiger charge is 2.25. The molecule has 3 aromatic rings. The van der Waals surface area contributed by atoms with Crippen LogP contribution in [0.2, 0.25) is 0 Å². The number of nitrogens with zero attached hydrogens (tertiary/aromatic N) is 1. The van der Waals surface area contributed by atoms with E-state index in [1.165, 1.54) is 11.1 Å². The van der Waals surface area contributed by atoms with Gasteiger partial charge in [0.2, 0.25) is 0 Å². The molecule has 1 aliphatic heterocycles. The number of benzene rings is 2. The van der Waals surface area contributed by atoms with Gasteiger partial charge in [-0.3, -0.25) is 9.69 Å². The molecule has 1 saturated heterocycles. The molecule has 4 rings (SSSR count). The predicted molar refractivity (Wildman–Crippen MR) is 128 cm³/mol. The van der Waals surface area contributed by atoms with Gasteiger partial charge in [0.1, 0.15) is 5.58 Å². The SMILES string of the molecule is Cc1ccc2oc(C(=O)NC[C@H](c3ccc(C(C)(C)C)cc3)N3CCOCC3)c(C)c2c1. The Balaban J connectivity index is 1.55. The maximum Gasteiger partial charge on any atom is 0.287 e. The highest BCUT2D eigenvalue weighted by atomic mass is 16.5. The number of rotatable bonds is 5. The molecule has 32 heavy (non-hydrogen) atoms. The van der Waals surface area contributed by atoms with Crippen LogP contribution < -0.4 is 5.32 Å². The number of fused-ring (bicyclic) bond motifs is 1. The summed E-state index contributed by atoms with van der Waals surface area (Å²) >= 11 is 0. The average molecular weight is 435 g/mol. The number of carbonyl (C=O) groups excluding carboxylic acids is 1. The number of furan rings is 1. The van der Waals surface area contributed by atoms with E-state index in [1.54, 1.807) is 0 Å². The number of ether oxygens (including phenoxy) is 1. The number of nitrogens with one attached hydrogen (secondary N) is 1. The summed E-state index contributed by atoms with van der Waals surface area (Å²) in [5.74, 6) is 0.232. The lowest BCUT2D eigenvalue weighted by Gasteiger charge is -2.35. The topological polar surface area (TPSA) is 54.7 Å². The molecule has 0 unspecified atom stereocenters. The summed E-state index contributed by atoms with van der Waals surface area (Å²) in [4.78, 5) is 15.5. The van der Waals surface area contributed by atoms with Crippen LogP contribution >= 0.6 is 0 Å². The number of hydrogen-bond acceptors (Lipinski definition) is 4. The van der Waals surface area contributed by atoms with Crippen molar-refractivity contribution in [1.29, 1.82) is 0 Å². The third kappa shape index (κ3) is 4.74. The summed E-state index contributed by atoms with van der Waals surface area (Å²) in [6.07, 6.45) is 0. The summed E-state index contributed by atoms with van der Waals surface area (Å²) in [5.41, 5.74) is 5.41. The Hall–Kier alpha value is -2.63. The van der Waals surface area contributed by atoms with E-state index in [4.69, 9.17) is 9.15 Å². The first-order valence-electron chi connectivity index (χ1n) is 11.4. The molecule has 2 aromatic carbocycles. The second kappa shape index (κ2) is 9.08. The second-order valence-electron chi connectivity index (χ2n) is 9.80. The molecule has 0 spiro atoms. The molecule has 1 atom stereocenters. The van der Waals surface area contributed by atoms with Gasteiger partial charge >= 0.3 is 0 Å². The van der Waals surface area contributed by atoms with Crippen LogP contribution in [0.4, 0.5) is 0 Å². The van der Waals surface area contributed by atoms with Gasteiger partial charge < -0.3 is 14.5 Å². The molecule has 2 heterocycles. The molecule has 0 aliphatic carbocycles. The van der Waals surface area contributed by atoms with Crippen LogP contribution in [0, 0.1) is 13.8 Å². The number of carbonyl (C=O) groups is 1. The Morgan fingerprint density at radius 2 is 1.75 bits per heavy atom. The normalized spacial score (nSPS) is 16.3. The lowest BCUT2D eigenvalue weighted by atomic mass is 9.86. The zero-order chi connectivity index (χ0) is 22.9. The van der Waals surface area contributed by atoms with Crippen molar-refractivity contribution in [2.45, 2.75) is 46.1 Å². The molecule has 5 nitrogen and oxygen atoms in total. The maximum atomic E-state index is 13.1. The molecule has 5 heteroatoms. The van der Waals surface area contributed by atoms with Gasteiger partial charge in [-0.2, -0.15) is 0 Å². The molecule has 1 aliphatic rings. The molecule has 0 saturated carbocycles. The fourth-order valence-electron chi connectivity index (χ4n) is 4.37. The van der Waals surface area contributed by atoms with Crippen molar-refractivity contribution in [3.8, 4) is 0 Å². The first-order chi connectivity index (χ1) is 15.2. The molecule has 170 valence electrons. The lowest BCUT2D eigenvalue weighted by Crippen LogP contribution is -2.43. The molecule has 1 aromatic heterocycles. The van der Waals surface area contributed by atoms with Crippen molar-refractivity contribution in [3.05, 3.63) is 70.5 Å². The molecular formula is C27H34N2O3. The highest BCUT2D eigenvalue weighted by molar-refractivity contribution is 5.99. The number of hydrogen-bond donors (Lipinski definition) is 1. The van der Waals surface area contributed by atoms with Crippen molar-refractivity contribution in [2.24, 2.45) is 0 Å². The van der Waals surface area contributed by atoms with Gasteiger partial charge in [0.05, 0.1) is 19.3 Å². The van der Waals surface area contributed by atoms with E-state index < -0.39 is 0 Å². The van der Waals surface area contributed by atoms with E-state index in [-0.39, 0.29) is 17.4 Å². The molecule has 0 radical (unpaired) electrons. The Morgan fingerprint density at radius 3 is 2.41 bits per heavy atom. The standard InChI is InChI=1S/C27H34N2O3/c1-18-6-11-24-22(16-18)19(2)25(32-24)26(30)28-17-23(29-12-14-31-15-13-29)20-7-9-21(10-8-20)27(3,4)5/h6-11,16,23H,12-15,17H2,1-5H3,(H,28,30)/t23-/m1/s1. The molecule has 1 N–H and O–H groups in total. The Kier molecular flexibility index (Phi) is 6.40. The number of amides is 1.